The summed E-state index contributed by atoms with van der Waals surface area (Å²) in [5, 5.41) is 10.7. The molecule has 5 nitrogen and oxygen atoms in total. The molecule has 0 aliphatic heterocycles. The van der Waals surface area contributed by atoms with Gasteiger partial charge in [-0.2, -0.15) is 0 Å². The number of carbonyl (C=O) groups is 1. The number of carbonyl (C=O) groups excluding carboxylic acids is 1. The molecule has 2 rings (SSSR count). The molecule has 80 valence electrons. The van der Waals surface area contributed by atoms with Gasteiger partial charge in [-0.1, -0.05) is 0 Å². The summed E-state index contributed by atoms with van der Waals surface area (Å²) >= 11 is 0. The highest BCUT2D eigenvalue weighted by molar-refractivity contribution is 5.90. The Morgan fingerprint density at radius 2 is 2.06 bits per heavy atom. The van der Waals surface area contributed by atoms with Crippen LogP contribution in [-0.4, -0.2) is 16.2 Å². The maximum atomic E-state index is 13.3. The number of nitrogens with zero attached hydrogens (tertiary/aromatic N) is 2. The molecule has 6 heteroatoms. The van der Waals surface area contributed by atoms with Gasteiger partial charge in [0.25, 0.3) is 5.69 Å². The Morgan fingerprint density at radius 1 is 1.31 bits per heavy atom. The van der Waals surface area contributed by atoms with Crippen LogP contribution in [0.4, 0.5) is 10.1 Å². The molecule has 1 aromatic heterocycles. The average Bonchev–Trinajstić information content (AvgIpc) is 2.28. The van der Waals surface area contributed by atoms with Crippen LogP contribution >= 0.6 is 0 Å². The largest absolute Gasteiger partial charge is 0.296 e. The lowest BCUT2D eigenvalue weighted by molar-refractivity contribution is -0.383. The third kappa shape index (κ3) is 1.50. The second kappa shape index (κ2) is 3.65. The van der Waals surface area contributed by atoms with Crippen LogP contribution in [-0.2, 0) is 0 Å². The Labute approximate surface area is 88.7 Å². The number of aromatic nitrogens is 1. The first-order chi connectivity index (χ1) is 7.63. The van der Waals surface area contributed by atoms with E-state index in [9.17, 15) is 19.3 Å². The van der Waals surface area contributed by atoms with E-state index in [1.807, 2.05) is 0 Å². The number of nitro groups is 1. The summed E-state index contributed by atoms with van der Waals surface area (Å²) in [7, 11) is 0. The summed E-state index contributed by atoms with van der Waals surface area (Å²) in [6.07, 6.45) is 0.452. The molecule has 16 heavy (non-hydrogen) atoms. The molecule has 0 bridgehead atoms. The standard InChI is InChI=1S/C10H5FN2O3/c11-8-3-4-9(13(15)16)10-7(8)2-1-6(5-14)12-10/h1-5H. The summed E-state index contributed by atoms with van der Waals surface area (Å²) < 4.78 is 13.3. The van der Waals surface area contributed by atoms with Gasteiger partial charge in [0.2, 0.25) is 0 Å². The van der Waals surface area contributed by atoms with Crippen molar-refractivity contribution in [2.24, 2.45) is 0 Å². The van der Waals surface area contributed by atoms with E-state index in [1.165, 1.54) is 12.1 Å². The number of hydrogen-bond acceptors (Lipinski definition) is 4. The zero-order valence-corrected chi connectivity index (χ0v) is 7.88. The molecule has 0 saturated heterocycles. The lowest BCUT2D eigenvalue weighted by Gasteiger charge is -2.00. The van der Waals surface area contributed by atoms with Crippen molar-refractivity contribution in [3.05, 3.63) is 45.9 Å². The van der Waals surface area contributed by atoms with Gasteiger partial charge in [0.05, 0.1) is 4.92 Å². The topological polar surface area (TPSA) is 73.1 Å². The maximum absolute atomic E-state index is 13.3. The zero-order valence-electron chi connectivity index (χ0n) is 7.88. The fraction of sp³-hybridized carbons (Fsp3) is 0. The molecule has 0 unspecified atom stereocenters. The zero-order chi connectivity index (χ0) is 11.7. The SMILES string of the molecule is O=Cc1ccc2c(F)ccc([N+](=O)[O-])c2n1. The van der Waals surface area contributed by atoms with Crippen LogP contribution in [0.5, 0.6) is 0 Å². The Kier molecular flexibility index (Phi) is 2.32. The molecule has 2 aromatic rings. The van der Waals surface area contributed by atoms with Gasteiger partial charge in [-0.3, -0.25) is 14.9 Å². The fourth-order valence-electron chi connectivity index (χ4n) is 1.40. The smallest absolute Gasteiger partial charge is 0.295 e. The van der Waals surface area contributed by atoms with Crippen LogP contribution < -0.4 is 0 Å². The Bertz CT molecular complexity index is 598. The average molecular weight is 220 g/mol. The van der Waals surface area contributed by atoms with Crippen molar-refractivity contribution in [3.63, 3.8) is 0 Å². The van der Waals surface area contributed by atoms with Crippen molar-refractivity contribution in [2.45, 2.75) is 0 Å². The first kappa shape index (κ1) is 10.2. The third-order valence-corrected chi connectivity index (χ3v) is 2.12. The van der Waals surface area contributed by atoms with E-state index in [1.54, 1.807) is 0 Å². The summed E-state index contributed by atoms with van der Waals surface area (Å²) in [5.74, 6) is -0.606. The highest BCUT2D eigenvalue weighted by Crippen LogP contribution is 2.25. The number of non-ortho nitro benzene ring substituents is 1. The van der Waals surface area contributed by atoms with Crippen molar-refractivity contribution in [2.75, 3.05) is 0 Å². The summed E-state index contributed by atoms with van der Waals surface area (Å²) in [4.78, 5) is 24.2. The fourth-order valence-corrected chi connectivity index (χ4v) is 1.40. The van der Waals surface area contributed by atoms with Crippen molar-refractivity contribution >= 4 is 22.9 Å². The van der Waals surface area contributed by atoms with Crippen LogP contribution in [0.2, 0.25) is 0 Å². The second-order valence-corrected chi connectivity index (χ2v) is 3.07. The van der Waals surface area contributed by atoms with Crippen LogP contribution in [0.3, 0.4) is 0 Å². The Morgan fingerprint density at radius 3 is 2.69 bits per heavy atom. The number of aldehydes is 1. The number of pyridine rings is 1. The van der Waals surface area contributed by atoms with Crippen LogP contribution in [0.1, 0.15) is 10.5 Å². The van der Waals surface area contributed by atoms with Crippen LogP contribution in [0, 0.1) is 15.9 Å². The first-order valence-electron chi connectivity index (χ1n) is 4.32. The summed E-state index contributed by atoms with van der Waals surface area (Å²) in [6, 6.07) is 4.64. The minimum Gasteiger partial charge on any atom is -0.296 e. The molecule has 1 aromatic carbocycles. The Balaban J connectivity index is 2.88. The maximum Gasteiger partial charge on any atom is 0.295 e. The van der Waals surface area contributed by atoms with Gasteiger partial charge in [0, 0.05) is 11.5 Å². The van der Waals surface area contributed by atoms with Gasteiger partial charge < -0.3 is 0 Å². The van der Waals surface area contributed by atoms with E-state index in [0.29, 0.717) is 6.29 Å². The van der Waals surface area contributed by atoms with E-state index >= 15 is 0 Å². The van der Waals surface area contributed by atoms with E-state index < -0.39 is 10.7 Å². The molecule has 0 amide bonds. The van der Waals surface area contributed by atoms with Crippen LogP contribution in [0.25, 0.3) is 10.9 Å². The predicted molar refractivity (Wildman–Crippen MR) is 53.7 cm³/mol. The summed E-state index contributed by atoms with van der Waals surface area (Å²) in [5.41, 5.74) is -0.407. The highest BCUT2D eigenvalue weighted by Gasteiger charge is 2.16. The molecule has 0 spiro atoms. The van der Waals surface area contributed by atoms with Gasteiger partial charge in [0.1, 0.15) is 11.5 Å². The lowest BCUT2D eigenvalue weighted by atomic mass is 10.1. The van der Waals surface area contributed by atoms with Gasteiger partial charge in [-0.25, -0.2) is 9.37 Å². The molecule has 0 aliphatic rings. The molecule has 0 aliphatic carbocycles. The quantitative estimate of drug-likeness (QED) is 0.441. The highest BCUT2D eigenvalue weighted by atomic mass is 19.1. The van der Waals surface area contributed by atoms with Gasteiger partial charge in [0.15, 0.2) is 11.8 Å². The predicted octanol–water partition coefficient (Wildman–Crippen LogP) is 2.09. The molecule has 0 N–H and O–H groups in total. The van der Waals surface area contributed by atoms with Crippen molar-refractivity contribution in [1.29, 1.82) is 0 Å². The monoisotopic (exact) mass is 220 g/mol. The van der Waals surface area contributed by atoms with Crippen LogP contribution in [0.15, 0.2) is 24.3 Å². The van der Waals surface area contributed by atoms with E-state index in [-0.39, 0.29) is 22.3 Å². The summed E-state index contributed by atoms with van der Waals surface area (Å²) in [6.45, 7) is 0. The molecular weight excluding hydrogens is 215 g/mol. The molecule has 0 saturated carbocycles. The minimum atomic E-state index is -0.663. The number of hydrogen-bond donors (Lipinski definition) is 0. The molecule has 0 fully saturated rings. The van der Waals surface area contributed by atoms with Gasteiger partial charge in [-0.05, 0) is 18.2 Å². The van der Waals surface area contributed by atoms with Crippen molar-refractivity contribution in [1.82, 2.24) is 4.98 Å². The second-order valence-electron chi connectivity index (χ2n) is 3.07. The Hall–Kier alpha value is -2.37. The van der Waals surface area contributed by atoms with Gasteiger partial charge in [-0.15, -0.1) is 0 Å². The minimum absolute atomic E-state index is 0.0276. The number of halogens is 1. The van der Waals surface area contributed by atoms with Gasteiger partial charge >= 0.3 is 0 Å². The first-order valence-corrected chi connectivity index (χ1v) is 4.32. The lowest BCUT2D eigenvalue weighted by Crippen LogP contribution is -1.95. The number of rotatable bonds is 2. The van der Waals surface area contributed by atoms with E-state index in [0.717, 1.165) is 12.1 Å². The van der Waals surface area contributed by atoms with E-state index in [2.05, 4.69) is 4.98 Å². The molecule has 1 heterocycles. The normalized spacial score (nSPS) is 10.3. The number of fused-ring (bicyclic) bond motifs is 1. The number of nitro benzene ring substituents is 1. The number of benzene rings is 1. The molecule has 0 radical (unpaired) electrons. The van der Waals surface area contributed by atoms with Crippen molar-refractivity contribution in [3.8, 4) is 0 Å². The molecular formula is C10H5FN2O3. The van der Waals surface area contributed by atoms with Crippen molar-refractivity contribution < 1.29 is 14.1 Å². The molecule has 0 atom stereocenters. The third-order valence-electron chi connectivity index (χ3n) is 2.12. The van der Waals surface area contributed by atoms with E-state index in [4.69, 9.17) is 0 Å².